The average molecular weight is 265 g/mol. The van der Waals surface area contributed by atoms with E-state index in [1.807, 2.05) is 27.7 Å². The highest BCUT2D eigenvalue weighted by Crippen LogP contribution is 2.36. The summed E-state index contributed by atoms with van der Waals surface area (Å²) in [6, 6.07) is 2.80. The van der Waals surface area contributed by atoms with E-state index in [-0.39, 0.29) is 6.42 Å². The molecule has 2 heterocycles. The number of carbonyl (C=O) groups excluding carboxylic acids is 1. The van der Waals surface area contributed by atoms with Crippen LogP contribution < -0.4 is 5.46 Å². The highest BCUT2D eigenvalue weighted by atomic mass is 19.1. The minimum atomic E-state index is -0.631. The van der Waals surface area contributed by atoms with Crippen molar-refractivity contribution in [2.75, 3.05) is 0 Å². The van der Waals surface area contributed by atoms with Gasteiger partial charge in [0.25, 0.3) is 0 Å². The molecule has 1 aromatic heterocycles. The fourth-order valence-electron chi connectivity index (χ4n) is 1.91. The van der Waals surface area contributed by atoms with Gasteiger partial charge in [0.15, 0.2) is 0 Å². The molecule has 1 saturated heterocycles. The molecule has 0 spiro atoms. The Hall–Kier alpha value is -1.27. The van der Waals surface area contributed by atoms with Crippen molar-refractivity contribution in [3.05, 3.63) is 23.8 Å². The molecule has 4 nitrogen and oxygen atoms in total. The molecule has 19 heavy (non-hydrogen) atoms. The maximum atomic E-state index is 13.2. The second-order valence-corrected chi connectivity index (χ2v) is 5.63. The molecule has 0 N–H and O–H groups in total. The molecule has 1 aromatic rings. The molecule has 0 bridgehead atoms. The van der Waals surface area contributed by atoms with Crippen LogP contribution in [0.1, 0.15) is 33.4 Å². The molecule has 0 radical (unpaired) electrons. The molecular weight excluding hydrogens is 248 g/mol. The first-order chi connectivity index (χ1) is 8.77. The molecule has 0 unspecified atom stereocenters. The molecule has 102 valence electrons. The molecule has 0 amide bonds. The van der Waals surface area contributed by atoms with E-state index < -0.39 is 24.3 Å². The predicted molar refractivity (Wildman–Crippen MR) is 69.7 cm³/mol. The van der Waals surface area contributed by atoms with Gasteiger partial charge in [0.2, 0.25) is 5.95 Å². The summed E-state index contributed by atoms with van der Waals surface area (Å²) in [5.41, 5.74) is -0.00436. The second-order valence-electron chi connectivity index (χ2n) is 5.63. The van der Waals surface area contributed by atoms with Gasteiger partial charge in [-0.25, -0.2) is 4.98 Å². The van der Waals surface area contributed by atoms with Gasteiger partial charge in [-0.15, -0.1) is 0 Å². The van der Waals surface area contributed by atoms with Crippen LogP contribution in [0.15, 0.2) is 12.1 Å². The zero-order valence-electron chi connectivity index (χ0n) is 11.6. The molecular formula is C13H17BFNO3. The summed E-state index contributed by atoms with van der Waals surface area (Å²) >= 11 is 0. The van der Waals surface area contributed by atoms with Crippen LogP contribution in [0, 0.1) is 5.95 Å². The van der Waals surface area contributed by atoms with E-state index in [2.05, 4.69) is 4.98 Å². The highest BCUT2D eigenvalue weighted by molar-refractivity contribution is 6.62. The van der Waals surface area contributed by atoms with Gasteiger partial charge < -0.3 is 14.1 Å². The SMILES string of the molecule is CC1(C)OB(c2ccc(F)nc2CC=O)OC1(C)C. The van der Waals surface area contributed by atoms with Gasteiger partial charge in [0.05, 0.1) is 16.9 Å². The number of carbonyl (C=O) groups is 1. The minimum Gasteiger partial charge on any atom is -0.399 e. The second kappa shape index (κ2) is 4.69. The molecule has 1 aliphatic heterocycles. The normalized spacial score (nSPS) is 20.6. The molecule has 0 saturated carbocycles. The van der Waals surface area contributed by atoms with Gasteiger partial charge in [-0.1, -0.05) is 6.07 Å². The van der Waals surface area contributed by atoms with E-state index in [9.17, 15) is 9.18 Å². The van der Waals surface area contributed by atoms with Crippen LogP contribution in [0.2, 0.25) is 0 Å². The topological polar surface area (TPSA) is 48.4 Å². The van der Waals surface area contributed by atoms with Crippen molar-refractivity contribution in [3.63, 3.8) is 0 Å². The standard InChI is InChI=1S/C13H17BFNO3/c1-12(2)13(3,4)19-14(18-12)9-5-6-11(15)16-10(9)7-8-17/h5-6,8H,7H2,1-4H3. The lowest BCUT2D eigenvalue weighted by Gasteiger charge is -2.32. The highest BCUT2D eigenvalue weighted by Gasteiger charge is 2.52. The van der Waals surface area contributed by atoms with Crippen molar-refractivity contribution in [1.29, 1.82) is 0 Å². The molecule has 0 atom stereocenters. The smallest absolute Gasteiger partial charge is 0.399 e. The number of pyridine rings is 1. The molecule has 1 fully saturated rings. The van der Waals surface area contributed by atoms with Gasteiger partial charge in [0, 0.05) is 11.9 Å². The van der Waals surface area contributed by atoms with Crippen LogP contribution in [0.3, 0.4) is 0 Å². The van der Waals surface area contributed by atoms with Crippen LogP contribution in [0.4, 0.5) is 4.39 Å². The summed E-state index contributed by atoms with van der Waals surface area (Å²) in [4.78, 5) is 14.4. The predicted octanol–water partition coefficient (Wildman–Crippen LogP) is 1.26. The van der Waals surface area contributed by atoms with E-state index in [4.69, 9.17) is 9.31 Å². The lowest BCUT2D eigenvalue weighted by Crippen LogP contribution is -2.41. The number of aldehydes is 1. The monoisotopic (exact) mass is 265 g/mol. The molecule has 2 rings (SSSR count). The Bertz CT molecular complexity index is 489. The van der Waals surface area contributed by atoms with Crippen molar-refractivity contribution >= 4 is 18.9 Å². The summed E-state index contributed by atoms with van der Waals surface area (Å²) in [5.74, 6) is -0.614. The Morgan fingerprint density at radius 3 is 2.37 bits per heavy atom. The average Bonchev–Trinajstić information content (AvgIpc) is 2.48. The van der Waals surface area contributed by atoms with E-state index in [1.54, 1.807) is 6.07 Å². The summed E-state index contributed by atoms with van der Waals surface area (Å²) in [6.07, 6.45) is 0.730. The first-order valence-electron chi connectivity index (χ1n) is 6.21. The summed E-state index contributed by atoms with van der Waals surface area (Å²) < 4.78 is 24.9. The van der Waals surface area contributed by atoms with Crippen molar-refractivity contribution in [1.82, 2.24) is 4.98 Å². The number of aromatic nitrogens is 1. The maximum absolute atomic E-state index is 13.2. The first-order valence-corrected chi connectivity index (χ1v) is 6.21. The van der Waals surface area contributed by atoms with Gasteiger partial charge in [-0.05, 0) is 33.8 Å². The van der Waals surface area contributed by atoms with Gasteiger partial charge in [0.1, 0.15) is 6.29 Å². The van der Waals surface area contributed by atoms with Crippen molar-refractivity contribution in [2.45, 2.75) is 45.3 Å². The van der Waals surface area contributed by atoms with Crippen LogP contribution in [0.5, 0.6) is 0 Å². The van der Waals surface area contributed by atoms with Crippen molar-refractivity contribution in [2.24, 2.45) is 0 Å². The van der Waals surface area contributed by atoms with Crippen molar-refractivity contribution in [3.8, 4) is 0 Å². The van der Waals surface area contributed by atoms with Crippen LogP contribution in [-0.2, 0) is 20.5 Å². The largest absolute Gasteiger partial charge is 0.496 e. The number of hydrogen-bond donors (Lipinski definition) is 0. The van der Waals surface area contributed by atoms with Crippen LogP contribution in [0.25, 0.3) is 0 Å². The van der Waals surface area contributed by atoms with Crippen LogP contribution >= 0.6 is 0 Å². The summed E-state index contributed by atoms with van der Waals surface area (Å²) in [7, 11) is -0.631. The Morgan fingerprint density at radius 1 is 1.26 bits per heavy atom. The number of nitrogens with zero attached hydrogens (tertiary/aromatic N) is 1. The Kier molecular flexibility index (Phi) is 3.49. The maximum Gasteiger partial charge on any atom is 0.496 e. The first kappa shape index (κ1) is 14.2. The van der Waals surface area contributed by atoms with Crippen molar-refractivity contribution < 1.29 is 18.5 Å². The quantitative estimate of drug-likeness (QED) is 0.469. The molecule has 6 heteroatoms. The fourth-order valence-corrected chi connectivity index (χ4v) is 1.91. The van der Waals surface area contributed by atoms with E-state index in [0.717, 1.165) is 0 Å². The van der Waals surface area contributed by atoms with Gasteiger partial charge >= 0.3 is 7.12 Å². The summed E-state index contributed by atoms with van der Waals surface area (Å²) in [6.45, 7) is 7.74. The Labute approximate surface area is 112 Å². The van der Waals surface area contributed by atoms with E-state index in [0.29, 0.717) is 17.4 Å². The van der Waals surface area contributed by atoms with Crippen LogP contribution in [-0.4, -0.2) is 29.6 Å². The Morgan fingerprint density at radius 2 is 1.84 bits per heavy atom. The lowest BCUT2D eigenvalue weighted by molar-refractivity contribution is -0.107. The van der Waals surface area contributed by atoms with E-state index in [1.165, 1.54) is 6.07 Å². The third kappa shape index (κ3) is 2.55. The zero-order valence-corrected chi connectivity index (χ0v) is 11.6. The molecule has 1 aliphatic rings. The third-order valence-corrected chi connectivity index (χ3v) is 3.76. The fraction of sp³-hybridized carbons (Fsp3) is 0.538. The van der Waals surface area contributed by atoms with Gasteiger partial charge in [-0.2, -0.15) is 4.39 Å². The Balaban J connectivity index is 2.36. The van der Waals surface area contributed by atoms with E-state index >= 15 is 0 Å². The molecule has 0 aliphatic carbocycles. The van der Waals surface area contributed by atoms with Gasteiger partial charge in [-0.3, -0.25) is 0 Å². The number of hydrogen-bond acceptors (Lipinski definition) is 4. The minimum absolute atomic E-state index is 0.0389. The zero-order chi connectivity index (χ0) is 14.3. The third-order valence-electron chi connectivity index (χ3n) is 3.76. The summed E-state index contributed by atoms with van der Waals surface area (Å²) in [5, 5.41) is 0. The number of rotatable bonds is 3. The molecule has 0 aromatic carbocycles. The lowest BCUT2D eigenvalue weighted by atomic mass is 9.77. The number of halogens is 1.